The number of aryl methyl sites for hydroxylation is 1. The Hall–Kier alpha value is -0.860. The zero-order valence-corrected chi connectivity index (χ0v) is 9.73. The van der Waals surface area contributed by atoms with Crippen LogP contribution in [-0.2, 0) is 6.42 Å². The molecule has 1 aliphatic carbocycles. The van der Waals surface area contributed by atoms with Crippen LogP contribution >= 0.6 is 0 Å². The Bertz CT molecular complexity index is 375. The molecule has 1 aromatic carbocycles. The smallest absolute Gasteiger partial charge is 0.0105 e. The van der Waals surface area contributed by atoms with E-state index in [0.717, 1.165) is 24.9 Å². The number of fused-ring (bicyclic) bond motifs is 3. The second-order valence-corrected chi connectivity index (χ2v) is 5.15. The maximum absolute atomic E-state index is 5.65. The Morgan fingerprint density at radius 1 is 1.25 bits per heavy atom. The van der Waals surface area contributed by atoms with Gasteiger partial charge in [0.2, 0.25) is 0 Å². The molecule has 0 aromatic heterocycles. The van der Waals surface area contributed by atoms with Crippen molar-refractivity contribution in [2.24, 2.45) is 11.7 Å². The summed E-state index contributed by atoms with van der Waals surface area (Å²) < 4.78 is 0. The minimum Gasteiger partial charge on any atom is -0.329 e. The number of likely N-dealkylation sites (tertiary alicyclic amines) is 1. The van der Waals surface area contributed by atoms with Crippen molar-refractivity contribution in [1.29, 1.82) is 0 Å². The van der Waals surface area contributed by atoms with Crippen molar-refractivity contribution in [3.63, 3.8) is 0 Å². The Kier molecular flexibility index (Phi) is 2.70. The summed E-state index contributed by atoms with van der Waals surface area (Å²) in [5.41, 5.74) is 8.84. The Morgan fingerprint density at radius 2 is 2.12 bits per heavy atom. The third-order valence-electron chi connectivity index (χ3n) is 4.20. The van der Waals surface area contributed by atoms with Gasteiger partial charge in [0.15, 0.2) is 0 Å². The van der Waals surface area contributed by atoms with E-state index in [1.165, 1.54) is 25.9 Å². The number of nitrogens with two attached hydrogens (primary N) is 1. The van der Waals surface area contributed by atoms with Crippen molar-refractivity contribution in [3.05, 3.63) is 35.4 Å². The quantitative estimate of drug-likeness (QED) is 0.813. The van der Waals surface area contributed by atoms with E-state index >= 15 is 0 Å². The van der Waals surface area contributed by atoms with Crippen LogP contribution in [0.5, 0.6) is 0 Å². The maximum atomic E-state index is 5.65. The molecule has 2 nitrogen and oxygen atoms in total. The molecule has 0 amide bonds. The van der Waals surface area contributed by atoms with Gasteiger partial charge >= 0.3 is 0 Å². The molecule has 3 rings (SSSR count). The predicted molar refractivity (Wildman–Crippen MR) is 66.5 cm³/mol. The molecular weight excluding hydrogens is 196 g/mol. The van der Waals surface area contributed by atoms with Crippen molar-refractivity contribution < 1.29 is 0 Å². The summed E-state index contributed by atoms with van der Waals surface area (Å²) in [4.78, 5) is 2.54. The minimum atomic E-state index is 0.775. The summed E-state index contributed by atoms with van der Waals surface area (Å²) in [5, 5.41) is 0. The molecule has 2 unspecified atom stereocenters. The molecule has 0 spiro atoms. The van der Waals surface area contributed by atoms with Gasteiger partial charge in [-0.25, -0.2) is 0 Å². The summed E-state index contributed by atoms with van der Waals surface area (Å²) in [5.74, 6) is 1.65. The topological polar surface area (TPSA) is 29.3 Å². The van der Waals surface area contributed by atoms with Gasteiger partial charge in [-0.1, -0.05) is 24.3 Å². The molecule has 1 saturated heterocycles. The average molecular weight is 216 g/mol. The summed E-state index contributed by atoms with van der Waals surface area (Å²) in [6, 6.07) is 8.99. The van der Waals surface area contributed by atoms with E-state index in [1.54, 1.807) is 11.1 Å². The normalized spacial score (nSPS) is 28.8. The lowest BCUT2D eigenvalue weighted by Gasteiger charge is -2.27. The number of hydrogen-bond acceptors (Lipinski definition) is 2. The van der Waals surface area contributed by atoms with Gasteiger partial charge in [-0.15, -0.1) is 0 Å². The molecule has 0 bridgehead atoms. The molecule has 2 N–H and O–H groups in total. The fourth-order valence-corrected chi connectivity index (χ4v) is 3.44. The van der Waals surface area contributed by atoms with E-state index in [4.69, 9.17) is 5.73 Å². The number of rotatable bonds is 2. The van der Waals surface area contributed by atoms with Crippen LogP contribution in [0.1, 0.15) is 23.5 Å². The molecule has 2 heteroatoms. The van der Waals surface area contributed by atoms with E-state index in [9.17, 15) is 0 Å². The molecular formula is C14H20N2. The first-order chi connectivity index (χ1) is 7.88. The van der Waals surface area contributed by atoms with E-state index in [0.29, 0.717) is 0 Å². The van der Waals surface area contributed by atoms with Crippen LogP contribution in [0.3, 0.4) is 0 Å². The second-order valence-electron chi connectivity index (χ2n) is 5.15. The lowest BCUT2D eigenvalue weighted by atomic mass is 9.77. The SMILES string of the molecule is NCCN1CC2CCc3ccccc3C2C1. The first kappa shape index (κ1) is 10.3. The fraction of sp³-hybridized carbons (Fsp3) is 0.571. The number of hydrogen-bond donors (Lipinski definition) is 1. The van der Waals surface area contributed by atoms with Crippen LogP contribution in [0, 0.1) is 5.92 Å². The Labute approximate surface area is 97.4 Å². The Morgan fingerprint density at radius 3 is 3.00 bits per heavy atom. The first-order valence-corrected chi connectivity index (χ1v) is 6.38. The van der Waals surface area contributed by atoms with Crippen LogP contribution in [-0.4, -0.2) is 31.1 Å². The van der Waals surface area contributed by atoms with Crippen LogP contribution in [0.15, 0.2) is 24.3 Å². The van der Waals surface area contributed by atoms with Gasteiger partial charge in [-0.3, -0.25) is 0 Å². The molecule has 2 aliphatic rings. The number of benzene rings is 1. The maximum Gasteiger partial charge on any atom is 0.0105 e. The highest BCUT2D eigenvalue weighted by atomic mass is 15.2. The minimum absolute atomic E-state index is 0.775. The molecule has 1 aromatic rings. The first-order valence-electron chi connectivity index (χ1n) is 6.38. The van der Waals surface area contributed by atoms with Gasteiger partial charge in [0, 0.05) is 32.1 Å². The van der Waals surface area contributed by atoms with E-state index in [2.05, 4.69) is 29.2 Å². The molecule has 1 aliphatic heterocycles. The molecule has 0 radical (unpaired) electrons. The summed E-state index contributed by atoms with van der Waals surface area (Å²) >= 11 is 0. The van der Waals surface area contributed by atoms with Crippen molar-refractivity contribution in [2.75, 3.05) is 26.2 Å². The van der Waals surface area contributed by atoms with Crippen LogP contribution in [0.25, 0.3) is 0 Å². The van der Waals surface area contributed by atoms with Crippen molar-refractivity contribution in [2.45, 2.75) is 18.8 Å². The van der Waals surface area contributed by atoms with Crippen molar-refractivity contribution in [1.82, 2.24) is 4.90 Å². The van der Waals surface area contributed by atoms with Gasteiger partial charge in [-0.05, 0) is 29.9 Å². The standard InChI is InChI=1S/C14H20N2/c15-7-8-16-9-12-6-5-11-3-1-2-4-13(11)14(12)10-16/h1-4,12,14H,5-10,15H2. The lowest BCUT2D eigenvalue weighted by Crippen LogP contribution is -2.27. The van der Waals surface area contributed by atoms with Crippen molar-refractivity contribution in [3.8, 4) is 0 Å². The third-order valence-corrected chi connectivity index (χ3v) is 4.20. The van der Waals surface area contributed by atoms with E-state index < -0.39 is 0 Å². The summed E-state index contributed by atoms with van der Waals surface area (Å²) in [6.07, 6.45) is 2.64. The highest BCUT2D eigenvalue weighted by Gasteiger charge is 2.36. The highest BCUT2D eigenvalue weighted by Crippen LogP contribution is 2.40. The monoisotopic (exact) mass is 216 g/mol. The van der Waals surface area contributed by atoms with Gasteiger partial charge in [0.1, 0.15) is 0 Å². The average Bonchev–Trinajstić information content (AvgIpc) is 2.72. The van der Waals surface area contributed by atoms with Gasteiger partial charge in [-0.2, -0.15) is 0 Å². The van der Waals surface area contributed by atoms with Crippen LogP contribution < -0.4 is 5.73 Å². The molecule has 0 saturated carbocycles. The van der Waals surface area contributed by atoms with Gasteiger partial charge in [0.05, 0.1) is 0 Å². The molecule has 1 fully saturated rings. The summed E-state index contributed by atoms with van der Waals surface area (Å²) in [7, 11) is 0. The zero-order chi connectivity index (χ0) is 11.0. The van der Waals surface area contributed by atoms with Crippen molar-refractivity contribution >= 4 is 0 Å². The van der Waals surface area contributed by atoms with Gasteiger partial charge < -0.3 is 10.6 Å². The Balaban J connectivity index is 1.84. The van der Waals surface area contributed by atoms with E-state index in [-0.39, 0.29) is 0 Å². The van der Waals surface area contributed by atoms with Crippen LogP contribution in [0.4, 0.5) is 0 Å². The molecule has 2 atom stereocenters. The molecule has 1 heterocycles. The third kappa shape index (κ3) is 1.66. The van der Waals surface area contributed by atoms with Crippen LogP contribution in [0.2, 0.25) is 0 Å². The lowest BCUT2D eigenvalue weighted by molar-refractivity contribution is 0.330. The molecule has 16 heavy (non-hydrogen) atoms. The van der Waals surface area contributed by atoms with Gasteiger partial charge in [0.25, 0.3) is 0 Å². The predicted octanol–water partition coefficient (Wildman–Crippen LogP) is 1.61. The number of nitrogens with zero attached hydrogens (tertiary/aromatic N) is 1. The zero-order valence-electron chi connectivity index (χ0n) is 9.73. The highest BCUT2D eigenvalue weighted by molar-refractivity contribution is 5.34. The fourth-order valence-electron chi connectivity index (χ4n) is 3.44. The second kappa shape index (κ2) is 4.19. The summed E-state index contributed by atoms with van der Waals surface area (Å²) in [6.45, 7) is 4.34. The molecule has 86 valence electrons. The van der Waals surface area contributed by atoms with E-state index in [1.807, 2.05) is 0 Å². The largest absolute Gasteiger partial charge is 0.329 e.